The van der Waals surface area contributed by atoms with Gasteiger partial charge in [-0.3, -0.25) is 0 Å². The number of para-hydroxylation sites is 1. The van der Waals surface area contributed by atoms with E-state index in [0.29, 0.717) is 11.5 Å². The van der Waals surface area contributed by atoms with E-state index in [1.54, 1.807) is 11.8 Å². The number of hydrogen-bond donors (Lipinski definition) is 1. The molecule has 2 rings (SSSR count). The second kappa shape index (κ2) is 4.07. The highest BCUT2D eigenvalue weighted by Gasteiger charge is 2.11. The minimum Gasteiger partial charge on any atom is -0.458 e. The number of aliphatic hydroxyl groups is 1. The van der Waals surface area contributed by atoms with Crippen LogP contribution in [0.5, 0.6) is 0 Å². The van der Waals surface area contributed by atoms with Gasteiger partial charge in [-0.15, -0.1) is 0 Å². The molecule has 0 saturated heterocycles. The zero-order valence-corrected chi connectivity index (χ0v) is 8.75. The lowest BCUT2D eigenvalue weighted by atomic mass is 10.2. The van der Waals surface area contributed by atoms with E-state index in [1.165, 1.54) is 0 Å². The van der Waals surface area contributed by atoms with Crippen LogP contribution >= 0.6 is 11.8 Å². The Labute approximate surface area is 86.9 Å². The molecule has 2 aromatic rings. The van der Waals surface area contributed by atoms with Gasteiger partial charge in [0.1, 0.15) is 17.4 Å². The Balaban J connectivity index is 2.35. The summed E-state index contributed by atoms with van der Waals surface area (Å²) >= 11 is 1.60. The zero-order chi connectivity index (χ0) is 9.97. The Kier molecular flexibility index (Phi) is 2.79. The quantitative estimate of drug-likeness (QED) is 0.842. The fourth-order valence-electron chi connectivity index (χ4n) is 1.41. The zero-order valence-electron chi connectivity index (χ0n) is 7.93. The summed E-state index contributed by atoms with van der Waals surface area (Å²) in [5.41, 5.74) is 0.836. The van der Waals surface area contributed by atoms with Gasteiger partial charge in [-0.2, -0.15) is 11.8 Å². The molecule has 1 N–H and O–H groups in total. The van der Waals surface area contributed by atoms with E-state index in [-0.39, 0.29) is 0 Å². The molecule has 0 bridgehead atoms. The number of hydrogen-bond acceptors (Lipinski definition) is 3. The SMILES string of the molecule is CSCC(O)c1cc2ccccc2o1. The van der Waals surface area contributed by atoms with Crippen molar-refractivity contribution < 1.29 is 9.52 Å². The first-order chi connectivity index (χ1) is 6.81. The first-order valence-corrected chi connectivity index (χ1v) is 5.86. The number of benzene rings is 1. The standard InChI is InChI=1S/C11H12O2S/c1-14-7-9(12)11-6-8-4-2-3-5-10(8)13-11/h2-6,9,12H,7H2,1H3. The van der Waals surface area contributed by atoms with Crippen molar-refractivity contribution in [2.45, 2.75) is 6.10 Å². The van der Waals surface area contributed by atoms with Crippen molar-refractivity contribution in [3.05, 3.63) is 36.1 Å². The number of rotatable bonds is 3. The van der Waals surface area contributed by atoms with Gasteiger partial charge < -0.3 is 9.52 Å². The molecule has 2 nitrogen and oxygen atoms in total. The van der Waals surface area contributed by atoms with Gasteiger partial charge in [-0.1, -0.05) is 18.2 Å². The molecule has 14 heavy (non-hydrogen) atoms. The second-order valence-corrected chi connectivity index (χ2v) is 4.07. The number of fused-ring (bicyclic) bond motifs is 1. The molecule has 1 aromatic carbocycles. The van der Waals surface area contributed by atoms with E-state index in [4.69, 9.17) is 4.42 Å². The summed E-state index contributed by atoms with van der Waals surface area (Å²) in [6, 6.07) is 9.67. The summed E-state index contributed by atoms with van der Waals surface area (Å²) < 4.78 is 5.52. The van der Waals surface area contributed by atoms with Crippen molar-refractivity contribution in [2.24, 2.45) is 0 Å². The molecule has 1 aromatic heterocycles. The lowest BCUT2D eigenvalue weighted by Gasteiger charge is -2.03. The van der Waals surface area contributed by atoms with E-state index in [9.17, 15) is 5.11 Å². The first kappa shape index (κ1) is 9.62. The molecular formula is C11H12O2S. The highest BCUT2D eigenvalue weighted by Crippen LogP contribution is 2.25. The van der Waals surface area contributed by atoms with E-state index < -0.39 is 6.10 Å². The predicted molar refractivity (Wildman–Crippen MR) is 59.6 cm³/mol. The molecule has 0 fully saturated rings. The fraction of sp³-hybridized carbons (Fsp3) is 0.273. The lowest BCUT2D eigenvalue weighted by molar-refractivity contribution is 0.177. The van der Waals surface area contributed by atoms with Gasteiger partial charge in [0, 0.05) is 11.1 Å². The average molecular weight is 208 g/mol. The number of furan rings is 1. The van der Waals surface area contributed by atoms with Gasteiger partial charge in [0.15, 0.2) is 0 Å². The Morgan fingerprint density at radius 1 is 1.43 bits per heavy atom. The van der Waals surface area contributed by atoms with Gasteiger partial charge in [0.2, 0.25) is 0 Å². The molecule has 1 atom stereocenters. The van der Waals surface area contributed by atoms with Crippen LogP contribution in [0.1, 0.15) is 11.9 Å². The molecular weight excluding hydrogens is 196 g/mol. The smallest absolute Gasteiger partial charge is 0.134 e. The van der Waals surface area contributed by atoms with E-state index in [2.05, 4.69) is 0 Å². The third-order valence-corrected chi connectivity index (χ3v) is 2.75. The van der Waals surface area contributed by atoms with Crippen molar-refractivity contribution in [1.82, 2.24) is 0 Å². The summed E-state index contributed by atoms with van der Waals surface area (Å²) in [6.45, 7) is 0. The van der Waals surface area contributed by atoms with Crippen LogP contribution in [-0.2, 0) is 0 Å². The molecule has 0 saturated carbocycles. The summed E-state index contributed by atoms with van der Waals surface area (Å²) in [4.78, 5) is 0. The maximum absolute atomic E-state index is 9.71. The van der Waals surface area contributed by atoms with Crippen LogP contribution < -0.4 is 0 Å². The van der Waals surface area contributed by atoms with Crippen molar-refractivity contribution in [3.8, 4) is 0 Å². The van der Waals surface area contributed by atoms with E-state index in [1.807, 2.05) is 36.6 Å². The first-order valence-electron chi connectivity index (χ1n) is 4.46. The van der Waals surface area contributed by atoms with Crippen LogP contribution in [-0.4, -0.2) is 17.1 Å². The molecule has 0 amide bonds. The number of aliphatic hydroxyl groups excluding tert-OH is 1. The molecule has 3 heteroatoms. The third-order valence-electron chi connectivity index (χ3n) is 2.10. The minimum absolute atomic E-state index is 0.502. The van der Waals surface area contributed by atoms with Crippen molar-refractivity contribution in [2.75, 3.05) is 12.0 Å². The Bertz CT molecular complexity index is 389. The normalized spacial score (nSPS) is 13.3. The molecule has 0 aliphatic heterocycles. The largest absolute Gasteiger partial charge is 0.458 e. The maximum atomic E-state index is 9.71. The Hall–Kier alpha value is -0.930. The second-order valence-electron chi connectivity index (χ2n) is 3.16. The Morgan fingerprint density at radius 2 is 2.21 bits per heavy atom. The average Bonchev–Trinajstić information content (AvgIpc) is 2.61. The molecule has 0 spiro atoms. The van der Waals surface area contributed by atoms with Crippen LogP contribution in [0.25, 0.3) is 11.0 Å². The molecule has 1 unspecified atom stereocenters. The summed E-state index contributed by atoms with van der Waals surface area (Å²) in [5, 5.41) is 10.8. The summed E-state index contributed by atoms with van der Waals surface area (Å²) in [5.74, 6) is 1.32. The van der Waals surface area contributed by atoms with Crippen LogP contribution in [0.3, 0.4) is 0 Å². The van der Waals surface area contributed by atoms with Crippen LogP contribution in [0.4, 0.5) is 0 Å². The van der Waals surface area contributed by atoms with Crippen LogP contribution in [0.2, 0.25) is 0 Å². The molecule has 1 heterocycles. The minimum atomic E-state index is -0.502. The molecule has 74 valence electrons. The van der Waals surface area contributed by atoms with Gasteiger partial charge in [-0.05, 0) is 18.4 Å². The molecule has 0 aliphatic rings. The van der Waals surface area contributed by atoms with Crippen molar-refractivity contribution in [1.29, 1.82) is 0 Å². The van der Waals surface area contributed by atoms with Crippen LogP contribution in [0, 0.1) is 0 Å². The summed E-state index contributed by atoms with van der Waals surface area (Å²) in [6.07, 6.45) is 1.46. The van der Waals surface area contributed by atoms with Gasteiger partial charge in [0.25, 0.3) is 0 Å². The topological polar surface area (TPSA) is 33.4 Å². The maximum Gasteiger partial charge on any atom is 0.134 e. The van der Waals surface area contributed by atoms with E-state index in [0.717, 1.165) is 11.0 Å². The van der Waals surface area contributed by atoms with Gasteiger partial charge in [-0.25, -0.2) is 0 Å². The summed E-state index contributed by atoms with van der Waals surface area (Å²) in [7, 11) is 0. The monoisotopic (exact) mass is 208 g/mol. The predicted octanol–water partition coefficient (Wildman–Crippen LogP) is 2.83. The van der Waals surface area contributed by atoms with Crippen molar-refractivity contribution >= 4 is 22.7 Å². The molecule has 0 aliphatic carbocycles. The highest BCUT2D eigenvalue weighted by atomic mass is 32.2. The third kappa shape index (κ3) is 1.79. The molecule has 0 radical (unpaired) electrons. The fourth-order valence-corrected chi connectivity index (χ4v) is 1.89. The Morgan fingerprint density at radius 3 is 2.93 bits per heavy atom. The number of thioether (sulfide) groups is 1. The van der Waals surface area contributed by atoms with E-state index >= 15 is 0 Å². The van der Waals surface area contributed by atoms with Gasteiger partial charge >= 0.3 is 0 Å². The highest BCUT2D eigenvalue weighted by molar-refractivity contribution is 7.98. The van der Waals surface area contributed by atoms with Crippen LogP contribution in [0.15, 0.2) is 34.7 Å². The van der Waals surface area contributed by atoms with Gasteiger partial charge in [0.05, 0.1) is 0 Å². The lowest BCUT2D eigenvalue weighted by Crippen LogP contribution is -1.97. The van der Waals surface area contributed by atoms with Crippen molar-refractivity contribution in [3.63, 3.8) is 0 Å².